The van der Waals surface area contributed by atoms with Crippen molar-refractivity contribution in [3.05, 3.63) is 29.8 Å². The first-order chi connectivity index (χ1) is 8.07. The smallest absolute Gasteiger partial charge is 0.401 e. The van der Waals surface area contributed by atoms with E-state index in [1.807, 2.05) is 6.92 Å². The Hall–Kier alpha value is -1.16. The molecule has 1 rings (SSSR count). The van der Waals surface area contributed by atoms with E-state index >= 15 is 0 Å². The van der Waals surface area contributed by atoms with Gasteiger partial charge in [0.2, 0.25) is 0 Å². The summed E-state index contributed by atoms with van der Waals surface area (Å²) in [6.07, 6.45) is 0. The molecule has 0 aliphatic carbocycles. The Morgan fingerprint density at radius 1 is 1.18 bits per heavy atom. The Kier molecular flexibility index (Phi) is 4.87. The Morgan fingerprint density at radius 3 is 2.12 bits per heavy atom. The fourth-order valence-electron chi connectivity index (χ4n) is 1.26. The van der Waals surface area contributed by atoms with Gasteiger partial charge in [-0.25, -0.2) is 0 Å². The maximum Gasteiger partial charge on any atom is 0.401 e. The maximum absolute atomic E-state index is 11.8. The SMILES string of the molecule is CCOc1ccc(C(=O)P(=O)(OC)OC)cc1. The highest BCUT2D eigenvalue weighted by Gasteiger charge is 2.33. The molecule has 0 unspecified atom stereocenters. The second-order valence-corrected chi connectivity index (χ2v) is 5.26. The molecule has 1 aromatic carbocycles. The third kappa shape index (κ3) is 3.16. The van der Waals surface area contributed by atoms with E-state index in [9.17, 15) is 9.36 Å². The van der Waals surface area contributed by atoms with Crippen LogP contribution in [0.4, 0.5) is 0 Å². The van der Waals surface area contributed by atoms with Gasteiger partial charge < -0.3 is 13.8 Å². The van der Waals surface area contributed by atoms with E-state index in [2.05, 4.69) is 9.05 Å². The summed E-state index contributed by atoms with van der Waals surface area (Å²) in [5, 5.41) is 0. The van der Waals surface area contributed by atoms with Crippen molar-refractivity contribution in [3.8, 4) is 5.75 Å². The van der Waals surface area contributed by atoms with Crippen LogP contribution in [0.25, 0.3) is 0 Å². The largest absolute Gasteiger partial charge is 0.494 e. The van der Waals surface area contributed by atoms with Crippen molar-refractivity contribution in [1.29, 1.82) is 0 Å². The van der Waals surface area contributed by atoms with Gasteiger partial charge in [0.05, 0.1) is 6.61 Å². The van der Waals surface area contributed by atoms with Crippen molar-refractivity contribution in [2.75, 3.05) is 20.8 Å². The molecular formula is C11H15O5P. The molecule has 0 spiro atoms. The van der Waals surface area contributed by atoms with Crippen LogP contribution < -0.4 is 4.74 Å². The Labute approximate surface area is 100 Å². The van der Waals surface area contributed by atoms with Crippen LogP contribution in [-0.2, 0) is 13.6 Å². The molecule has 0 N–H and O–H groups in total. The lowest BCUT2D eigenvalue weighted by atomic mass is 10.2. The van der Waals surface area contributed by atoms with Crippen LogP contribution in [0.5, 0.6) is 5.75 Å². The summed E-state index contributed by atoms with van der Waals surface area (Å²) in [4.78, 5) is 11.8. The van der Waals surface area contributed by atoms with Gasteiger partial charge in [0, 0.05) is 19.8 Å². The molecule has 17 heavy (non-hydrogen) atoms. The number of hydrogen-bond acceptors (Lipinski definition) is 5. The predicted octanol–water partition coefficient (Wildman–Crippen LogP) is 2.71. The summed E-state index contributed by atoms with van der Waals surface area (Å²) in [6, 6.07) is 6.31. The average Bonchev–Trinajstić information content (AvgIpc) is 2.38. The first-order valence-electron chi connectivity index (χ1n) is 5.06. The molecule has 0 fully saturated rings. The van der Waals surface area contributed by atoms with Crippen LogP contribution in [-0.4, -0.2) is 26.4 Å². The van der Waals surface area contributed by atoms with Crippen molar-refractivity contribution < 1.29 is 23.1 Å². The summed E-state index contributed by atoms with van der Waals surface area (Å²) < 4.78 is 26.3. The van der Waals surface area contributed by atoms with E-state index in [1.54, 1.807) is 12.1 Å². The normalized spacial score (nSPS) is 11.2. The highest BCUT2D eigenvalue weighted by molar-refractivity contribution is 7.72. The predicted molar refractivity (Wildman–Crippen MR) is 63.6 cm³/mol. The van der Waals surface area contributed by atoms with Gasteiger partial charge >= 0.3 is 7.60 Å². The molecule has 0 amide bonds. The number of carbonyl (C=O) groups is 1. The third-order valence-electron chi connectivity index (χ3n) is 2.14. The van der Waals surface area contributed by atoms with Gasteiger partial charge in [0.25, 0.3) is 5.52 Å². The summed E-state index contributed by atoms with van der Waals surface area (Å²) in [7, 11) is -1.35. The molecule has 0 heterocycles. The molecule has 6 heteroatoms. The molecule has 1 aromatic rings. The highest BCUT2D eigenvalue weighted by atomic mass is 31.2. The topological polar surface area (TPSA) is 61.8 Å². The lowest BCUT2D eigenvalue weighted by Crippen LogP contribution is -2.04. The van der Waals surface area contributed by atoms with Crippen molar-refractivity contribution in [2.24, 2.45) is 0 Å². The number of hydrogen-bond donors (Lipinski definition) is 0. The molecule has 0 saturated carbocycles. The maximum atomic E-state index is 11.8. The summed E-state index contributed by atoms with van der Waals surface area (Å²) in [5.41, 5.74) is -0.397. The van der Waals surface area contributed by atoms with Gasteiger partial charge in [-0.2, -0.15) is 0 Å². The molecule has 0 radical (unpaired) electrons. The van der Waals surface area contributed by atoms with Crippen LogP contribution in [0.1, 0.15) is 17.3 Å². The lowest BCUT2D eigenvalue weighted by molar-refractivity contribution is 0.102. The minimum atomic E-state index is -3.70. The number of benzene rings is 1. The third-order valence-corrected chi connectivity index (χ3v) is 3.86. The molecular weight excluding hydrogens is 243 g/mol. The molecule has 94 valence electrons. The molecule has 0 saturated heterocycles. The summed E-state index contributed by atoms with van der Waals surface area (Å²) in [5.74, 6) is 0.647. The van der Waals surface area contributed by atoms with Crippen LogP contribution in [0.2, 0.25) is 0 Å². The second-order valence-electron chi connectivity index (χ2n) is 3.13. The van der Waals surface area contributed by atoms with E-state index in [-0.39, 0.29) is 5.56 Å². The zero-order valence-corrected chi connectivity index (χ0v) is 10.9. The Morgan fingerprint density at radius 2 is 1.71 bits per heavy atom. The van der Waals surface area contributed by atoms with Crippen LogP contribution >= 0.6 is 7.60 Å². The van der Waals surface area contributed by atoms with Crippen LogP contribution in [0, 0.1) is 0 Å². The molecule has 0 aliphatic rings. The minimum absolute atomic E-state index is 0.264. The highest BCUT2D eigenvalue weighted by Crippen LogP contribution is 2.49. The van der Waals surface area contributed by atoms with Gasteiger partial charge in [-0.05, 0) is 31.2 Å². The van der Waals surface area contributed by atoms with Gasteiger partial charge in [0.15, 0.2) is 0 Å². The van der Waals surface area contributed by atoms with Crippen LogP contribution in [0.15, 0.2) is 24.3 Å². The zero-order valence-electron chi connectivity index (χ0n) is 10.0. The lowest BCUT2D eigenvalue weighted by Gasteiger charge is -2.12. The monoisotopic (exact) mass is 258 g/mol. The van der Waals surface area contributed by atoms with Crippen molar-refractivity contribution in [1.82, 2.24) is 0 Å². The zero-order chi connectivity index (χ0) is 12.9. The van der Waals surface area contributed by atoms with Crippen molar-refractivity contribution >= 4 is 13.1 Å². The van der Waals surface area contributed by atoms with E-state index in [1.165, 1.54) is 26.4 Å². The fraction of sp³-hybridized carbons (Fsp3) is 0.364. The fourth-order valence-corrected chi connectivity index (χ4v) is 2.20. The number of rotatable bonds is 6. The van der Waals surface area contributed by atoms with Gasteiger partial charge in [-0.1, -0.05) is 0 Å². The first-order valence-corrected chi connectivity index (χ1v) is 6.61. The number of carbonyl (C=O) groups excluding carboxylic acids is 1. The number of ether oxygens (including phenoxy) is 1. The van der Waals surface area contributed by atoms with E-state index < -0.39 is 13.1 Å². The van der Waals surface area contributed by atoms with Crippen molar-refractivity contribution in [3.63, 3.8) is 0 Å². The molecule has 0 bridgehead atoms. The van der Waals surface area contributed by atoms with Crippen molar-refractivity contribution in [2.45, 2.75) is 6.92 Å². The first kappa shape index (κ1) is 13.9. The van der Waals surface area contributed by atoms with Gasteiger partial charge in [0.1, 0.15) is 5.75 Å². The average molecular weight is 258 g/mol. The van der Waals surface area contributed by atoms with Gasteiger partial charge in [-0.15, -0.1) is 0 Å². The molecule has 0 atom stereocenters. The molecule has 5 nitrogen and oxygen atoms in total. The quantitative estimate of drug-likeness (QED) is 0.734. The standard InChI is InChI=1S/C11H15O5P/c1-4-16-10-7-5-9(6-8-10)11(12)17(13,14-2)15-3/h5-8H,4H2,1-3H3. The van der Waals surface area contributed by atoms with E-state index in [0.29, 0.717) is 12.4 Å². The summed E-state index contributed by atoms with van der Waals surface area (Å²) >= 11 is 0. The van der Waals surface area contributed by atoms with Gasteiger partial charge in [-0.3, -0.25) is 9.36 Å². The summed E-state index contributed by atoms with van der Waals surface area (Å²) in [6.45, 7) is 2.41. The minimum Gasteiger partial charge on any atom is -0.494 e. The Bertz CT molecular complexity index is 418. The van der Waals surface area contributed by atoms with Crippen LogP contribution in [0.3, 0.4) is 0 Å². The molecule has 0 aliphatic heterocycles. The second kappa shape index (κ2) is 5.96. The Balaban J connectivity index is 2.94. The van der Waals surface area contributed by atoms with E-state index in [4.69, 9.17) is 4.74 Å². The molecule has 0 aromatic heterocycles. The van der Waals surface area contributed by atoms with E-state index in [0.717, 1.165) is 0 Å².